The molecule has 1 unspecified atom stereocenters. The van der Waals surface area contributed by atoms with Gasteiger partial charge in [-0.2, -0.15) is 0 Å². The van der Waals surface area contributed by atoms with Crippen LogP contribution in [0.2, 0.25) is 0 Å². The quantitative estimate of drug-likeness (QED) is 0.691. The zero-order chi connectivity index (χ0) is 11.3. The van der Waals surface area contributed by atoms with Crippen molar-refractivity contribution in [3.63, 3.8) is 0 Å². The summed E-state index contributed by atoms with van der Waals surface area (Å²) in [5, 5.41) is 0. The molecule has 1 fully saturated rings. The minimum Gasteiger partial charge on any atom is -0.301 e. The summed E-state index contributed by atoms with van der Waals surface area (Å²) >= 11 is 0. The summed E-state index contributed by atoms with van der Waals surface area (Å²) in [7, 11) is 0. The van der Waals surface area contributed by atoms with Gasteiger partial charge in [-0.05, 0) is 26.3 Å². The van der Waals surface area contributed by atoms with Crippen LogP contribution in [0.4, 0.5) is 0 Å². The first-order valence-electron chi connectivity index (χ1n) is 6.63. The molecule has 0 radical (unpaired) electrons. The van der Waals surface area contributed by atoms with Crippen molar-refractivity contribution in [1.29, 1.82) is 0 Å². The normalized spacial score (nSPS) is 24.0. The average molecular weight is 212 g/mol. The van der Waals surface area contributed by atoms with Crippen LogP contribution >= 0.6 is 0 Å². The van der Waals surface area contributed by atoms with Gasteiger partial charge in [0.25, 0.3) is 0 Å². The maximum Gasteiger partial charge on any atom is 0.0179 e. The standard InChI is InChI=1S/C13H28N2/c1-5-8-13(4,6-2)15-11-9-14(7-3)10-12-15/h5-12H2,1-4H3. The van der Waals surface area contributed by atoms with E-state index >= 15 is 0 Å². The van der Waals surface area contributed by atoms with Gasteiger partial charge in [0.05, 0.1) is 0 Å². The van der Waals surface area contributed by atoms with E-state index in [0.29, 0.717) is 5.54 Å². The molecule has 1 aliphatic heterocycles. The molecule has 0 aromatic rings. The zero-order valence-corrected chi connectivity index (χ0v) is 11.1. The molecule has 2 heteroatoms. The van der Waals surface area contributed by atoms with Crippen LogP contribution in [0.1, 0.15) is 47.0 Å². The average Bonchev–Trinajstić information content (AvgIpc) is 2.29. The van der Waals surface area contributed by atoms with Gasteiger partial charge in [-0.1, -0.05) is 27.2 Å². The molecule has 90 valence electrons. The molecule has 1 atom stereocenters. The summed E-state index contributed by atoms with van der Waals surface area (Å²) < 4.78 is 0. The van der Waals surface area contributed by atoms with Crippen LogP contribution in [0.5, 0.6) is 0 Å². The maximum atomic E-state index is 2.71. The highest BCUT2D eigenvalue weighted by Gasteiger charge is 2.31. The van der Waals surface area contributed by atoms with E-state index in [1.165, 1.54) is 52.0 Å². The summed E-state index contributed by atoms with van der Waals surface area (Å²) in [4.78, 5) is 5.27. The molecule has 0 aliphatic carbocycles. The summed E-state index contributed by atoms with van der Waals surface area (Å²) in [6.45, 7) is 15.6. The molecule has 1 rings (SSSR count). The topological polar surface area (TPSA) is 6.48 Å². The van der Waals surface area contributed by atoms with Gasteiger partial charge in [-0.3, -0.25) is 4.90 Å². The van der Waals surface area contributed by atoms with Gasteiger partial charge in [0, 0.05) is 31.7 Å². The third-order valence-corrected chi connectivity index (χ3v) is 4.13. The van der Waals surface area contributed by atoms with Crippen molar-refractivity contribution >= 4 is 0 Å². The van der Waals surface area contributed by atoms with E-state index in [-0.39, 0.29) is 0 Å². The van der Waals surface area contributed by atoms with E-state index < -0.39 is 0 Å². The summed E-state index contributed by atoms with van der Waals surface area (Å²) in [5.74, 6) is 0. The van der Waals surface area contributed by atoms with Crippen molar-refractivity contribution in [2.75, 3.05) is 32.7 Å². The SMILES string of the molecule is CCCC(C)(CC)N1CCN(CC)CC1. The van der Waals surface area contributed by atoms with Gasteiger partial charge >= 0.3 is 0 Å². The van der Waals surface area contributed by atoms with E-state index in [1.807, 2.05) is 0 Å². The molecule has 0 spiro atoms. The van der Waals surface area contributed by atoms with Gasteiger partial charge in [0.15, 0.2) is 0 Å². The zero-order valence-electron chi connectivity index (χ0n) is 11.1. The molecule has 2 nitrogen and oxygen atoms in total. The van der Waals surface area contributed by atoms with Gasteiger partial charge in [0.2, 0.25) is 0 Å². The molecule has 0 amide bonds. The summed E-state index contributed by atoms with van der Waals surface area (Å²) in [6, 6.07) is 0. The fraction of sp³-hybridized carbons (Fsp3) is 1.00. The van der Waals surface area contributed by atoms with Crippen LogP contribution < -0.4 is 0 Å². The molecule has 0 bridgehead atoms. The predicted octanol–water partition coefficient (Wildman–Crippen LogP) is 2.59. The summed E-state index contributed by atoms with van der Waals surface area (Å²) in [5.41, 5.74) is 0.453. The fourth-order valence-electron chi connectivity index (χ4n) is 2.70. The van der Waals surface area contributed by atoms with Crippen LogP contribution in [0.15, 0.2) is 0 Å². The van der Waals surface area contributed by atoms with Gasteiger partial charge < -0.3 is 4.90 Å². The molecule has 1 saturated heterocycles. The molecule has 1 aliphatic rings. The van der Waals surface area contributed by atoms with Crippen LogP contribution in [0.25, 0.3) is 0 Å². The Morgan fingerprint density at radius 3 is 2.00 bits per heavy atom. The van der Waals surface area contributed by atoms with Crippen molar-refractivity contribution in [2.24, 2.45) is 0 Å². The van der Waals surface area contributed by atoms with Crippen molar-refractivity contribution in [3.05, 3.63) is 0 Å². The molecular weight excluding hydrogens is 184 g/mol. The largest absolute Gasteiger partial charge is 0.301 e. The second-order valence-corrected chi connectivity index (χ2v) is 5.02. The second-order valence-electron chi connectivity index (χ2n) is 5.02. The Labute approximate surface area is 95.6 Å². The van der Waals surface area contributed by atoms with E-state index in [0.717, 1.165) is 0 Å². The predicted molar refractivity (Wildman–Crippen MR) is 67.3 cm³/mol. The Morgan fingerprint density at radius 2 is 1.60 bits per heavy atom. The molecule has 15 heavy (non-hydrogen) atoms. The third-order valence-electron chi connectivity index (χ3n) is 4.13. The minimum absolute atomic E-state index is 0.453. The molecule has 0 N–H and O–H groups in total. The van der Waals surface area contributed by atoms with E-state index in [4.69, 9.17) is 0 Å². The number of likely N-dealkylation sites (N-methyl/N-ethyl adjacent to an activating group) is 1. The molecule has 0 aromatic heterocycles. The number of piperazine rings is 1. The fourth-order valence-corrected chi connectivity index (χ4v) is 2.70. The lowest BCUT2D eigenvalue weighted by Crippen LogP contribution is -2.55. The Hall–Kier alpha value is -0.0800. The van der Waals surface area contributed by atoms with Gasteiger partial charge in [-0.25, -0.2) is 0 Å². The highest BCUT2D eigenvalue weighted by molar-refractivity contribution is 4.87. The van der Waals surface area contributed by atoms with Crippen LogP contribution in [0, 0.1) is 0 Å². The number of hydrogen-bond donors (Lipinski definition) is 0. The first-order chi connectivity index (χ1) is 7.16. The lowest BCUT2D eigenvalue weighted by atomic mass is 9.90. The summed E-state index contributed by atoms with van der Waals surface area (Å²) in [6.07, 6.45) is 3.93. The Morgan fingerprint density at radius 1 is 1.00 bits per heavy atom. The van der Waals surface area contributed by atoms with E-state index in [2.05, 4.69) is 37.5 Å². The minimum atomic E-state index is 0.453. The highest BCUT2D eigenvalue weighted by Crippen LogP contribution is 2.26. The van der Waals surface area contributed by atoms with Gasteiger partial charge in [-0.15, -0.1) is 0 Å². The number of hydrogen-bond acceptors (Lipinski definition) is 2. The van der Waals surface area contributed by atoms with Crippen LogP contribution in [-0.4, -0.2) is 48.1 Å². The molecule has 1 heterocycles. The van der Waals surface area contributed by atoms with Crippen LogP contribution in [0.3, 0.4) is 0 Å². The smallest absolute Gasteiger partial charge is 0.0179 e. The number of nitrogens with zero attached hydrogens (tertiary/aromatic N) is 2. The van der Waals surface area contributed by atoms with E-state index in [1.54, 1.807) is 0 Å². The Kier molecular flexibility index (Phi) is 5.07. The van der Waals surface area contributed by atoms with Crippen LogP contribution in [-0.2, 0) is 0 Å². The third kappa shape index (κ3) is 3.18. The Bertz CT molecular complexity index is 173. The maximum absolute atomic E-state index is 2.71. The lowest BCUT2D eigenvalue weighted by molar-refractivity contribution is 0.0353. The van der Waals surface area contributed by atoms with Gasteiger partial charge in [0.1, 0.15) is 0 Å². The van der Waals surface area contributed by atoms with E-state index in [9.17, 15) is 0 Å². The monoisotopic (exact) mass is 212 g/mol. The van der Waals surface area contributed by atoms with Crippen molar-refractivity contribution in [3.8, 4) is 0 Å². The lowest BCUT2D eigenvalue weighted by Gasteiger charge is -2.45. The van der Waals surface area contributed by atoms with Crippen molar-refractivity contribution < 1.29 is 0 Å². The first-order valence-corrected chi connectivity index (χ1v) is 6.63. The molecule has 0 aromatic carbocycles. The second kappa shape index (κ2) is 5.86. The highest BCUT2D eigenvalue weighted by atomic mass is 15.3. The molecular formula is C13H28N2. The Balaban J connectivity index is 2.49. The van der Waals surface area contributed by atoms with Crippen molar-refractivity contribution in [1.82, 2.24) is 9.80 Å². The molecule has 0 saturated carbocycles. The number of rotatable bonds is 5. The van der Waals surface area contributed by atoms with Crippen molar-refractivity contribution in [2.45, 2.75) is 52.5 Å². The first kappa shape index (κ1) is 13.0.